The zero-order chi connectivity index (χ0) is 21.5. The van der Waals surface area contributed by atoms with E-state index in [-0.39, 0.29) is 17.9 Å². The molecule has 1 aliphatic carbocycles. The molecule has 164 valence electrons. The van der Waals surface area contributed by atoms with Crippen molar-refractivity contribution in [3.05, 3.63) is 47.7 Å². The van der Waals surface area contributed by atoms with Crippen LogP contribution in [0.2, 0.25) is 0 Å². The number of hydrogen-bond acceptors (Lipinski definition) is 5. The van der Waals surface area contributed by atoms with Crippen LogP contribution in [0.4, 0.5) is 5.69 Å². The molecule has 0 atom stereocenters. The Hall–Kier alpha value is -3.09. The number of nitrogens with one attached hydrogen (secondary N) is 2. The number of carbonyl (C=O) groups is 2. The van der Waals surface area contributed by atoms with Gasteiger partial charge < -0.3 is 20.1 Å². The summed E-state index contributed by atoms with van der Waals surface area (Å²) in [5.41, 5.74) is 2.92. The number of amides is 2. The zero-order valence-electron chi connectivity index (χ0n) is 17.7. The van der Waals surface area contributed by atoms with Crippen LogP contribution in [0, 0.1) is 0 Å². The largest absolute Gasteiger partial charge is 0.494 e. The fraction of sp³-hybridized carbons (Fsp3) is 0.458. The first kappa shape index (κ1) is 21.2. The Kier molecular flexibility index (Phi) is 7.02. The minimum Gasteiger partial charge on any atom is -0.494 e. The van der Waals surface area contributed by atoms with Crippen LogP contribution < -0.4 is 20.1 Å². The number of aryl methyl sites for hydroxylation is 1. The quantitative estimate of drug-likeness (QED) is 0.600. The third kappa shape index (κ3) is 6.20. The predicted octanol–water partition coefficient (Wildman–Crippen LogP) is 3.76. The number of fused-ring (bicyclic) bond motifs is 1. The molecule has 2 amide bonds. The molecule has 0 saturated heterocycles. The van der Waals surface area contributed by atoms with Gasteiger partial charge in [0.05, 0.1) is 6.61 Å². The minimum absolute atomic E-state index is 0.00757. The van der Waals surface area contributed by atoms with E-state index in [1.807, 2.05) is 30.3 Å². The normalized spacial score (nSPS) is 15.8. The molecule has 7 heteroatoms. The third-order valence-electron chi connectivity index (χ3n) is 5.67. The van der Waals surface area contributed by atoms with Crippen molar-refractivity contribution in [2.75, 3.05) is 11.9 Å². The van der Waals surface area contributed by atoms with Crippen molar-refractivity contribution in [2.45, 2.75) is 64.0 Å². The SMILES string of the molecule is O=C(CCCOc1ccc2c(c1)CCC(=O)N2)NCc1ccnc(OC2CCCC2)c1. The number of nitrogens with zero attached hydrogens (tertiary/aromatic N) is 1. The first-order valence-electron chi connectivity index (χ1n) is 11.1. The van der Waals surface area contributed by atoms with E-state index in [0.717, 1.165) is 41.8 Å². The van der Waals surface area contributed by atoms with Crippen LogP contribution in [0.25, 0.3) is 0 Å². The van der Waals surface area contributed by atoms with E-state index >= 15 is 0 Å². The second kappa shape index (κ2) is 10.3. The molecular formula is C24H29N3O4. The lowest BCUT2D eigenvalue weighted by molar-refractivity contribution is -0.121. The Morgan fingerprint density at radius 2 is 2.03 bits per heavy atom. The van der Waals surface area contributed by atoms with E-state index in [9.17, 15) is 9.59 Å². The van der Waals surface area contributed by atoms with Crippen molar-refractivity contribution in [3.8, 4) is 11.6 Å². The molecule has 31 heavy (non-hydrogen) atoms. The summed E-state index contributed by atoms with van der Waals surface area (Å²) in [5, 5.41) is 5.80. The Balaban J connectivity index is 1.15. The molecule has 0 bridgehead atoms. The first-order chi connectivity index (χ1) is 15.2. The fourth-order valence-corrected chi connectivity index (χ4v) is 3.96. The third-order valence-corrected chi connectivity index (χ3v) is 5.67. The van der Waals surface area contributed by atoms with Crippen LogP contribution in [-0.4, -0.2) is 29.5 Å². The van der Waals surface area contributed by atoms with Gasteiger partial charge >= 0.3 is 0 Å². The highest BCUT2D eigenvalue weighted by atomic mass is 16.5. The Labute approximate surface area is 182 Å². The average molecular weight is 424 g/mol. The number of carbonyl (C=O) groups excluding carboxylic acids is 2. The summed E-state index contributed by atoms with van der Waals surface area (Å²) in [4.78, 5) is 27.9. The number of anilines is 1. The molecule has 1 aliphatic heterocycles. The van der Waals surface area contributed by atoms with Crippen LogP contribution in [0.15, 0.2) is 36.5 Å². The topological polar surface area (TPSA) is 89.6 Å². The average Bonchev–Trinajstić information content (AvgIpc) is 3.28. The van der Waals surface area contributed by atoms with Crippen LogP contribution in [-0.2, 0) is 22.6 Å². The fourth-order valence-electron chi connectivity index (χ4n) is 3.96. The maximum absolute atomic E-state index is 12.2. The molecule has 2 aromatic rings. The minimum atomic E-state index is -0.00757. The van der Waals surface area contributed by atoms with Crippen molar-refractivity contribution in [2.24, 2.45) is 0 Å². The molecule has 4 rings (SSSR count). The summed E-state index contributed by atoms with van der Waals surface area (Å²) in [6.07, 6.45) is 8.87. The number of rotatable bonds is 9. The van der Waals surface area contributed by atoms with Gasteiger partial charge in [0, 0.05) is 37.3 Å². The van der Waals surface area contributed by atoms with Crippen LogP contribution in [0.3, 0.4) is 0 Å². The van der Waals surface area contributed by atoms with E-state index in [4.69, 9.17) is 9.47 Å². The standard InChI is InChI=1S/C24H29N3O4/c28-22(26-16-17-11-12-25-24(14-17)31-19-4-1-2-5-19)6-3-13-30-20-8-9-21-18(15-20)7-10-23(29)27-21/h8-9,11-12,14-15,19H,1-7,10,13,16H2,(H,26,28)(H,27,29). The number of hydrogen-bond donors (Lipinski definition) is 2. The molecule has 7 nitrogen and oxygen atoms in total. The molecule has 1 aromatic heterocycles. The second-order valence-electron chi connectivity index (χ2n) is 8.12. The van der Waals surface area contributed by atoms with Gasteiger partial charge in [-0.2, -0.15) is 0 Å². The molecule has 2 N–H and O–H groups in total. The summed E-state index contributed by atoms with van der Waals surface area (Å²) in [6, 6.07) is 9.47. The zero-order valence-corrected chi connectivity index (χ0v) is 17.7. The first-order valence-corrected chi connectivity index (χ1v) is 11.1. The lowest BCUT2D eigenvalue weighted by atomic mass is 10.0. The van der Waals surface area contributed by atoms with Gasteiger partial charge in [0.25, 0.3) is 0 Å². The number of ether oxygens (including phenoxy) is 2. The summed E-state index contributed by atoms with van der Waals surface area (Å²) in [7, 11) is 0. The van der Waals surface area contributed by atoms with Crippen molar-refractivity contribution in [3.63, 3.8) is 0 Å². The summed E-state index contributed by atoms with van der Waals surface area (Å²) >= 11 is 0. The van der Waals surface area contributed by atoms with Crippen molar-refractivity contribution in [1.29, 1.82) is 0 Å². The van der Waals surface area contributed by atoms with E-state index in [1.165, 1.54) is 12.8 Å². The van der Waals surface area contributed by atoms with Gasteiger partial charge in [-0.3, -0.25) is 9.59 Å². The molecule has 0 radical (unpaired) electrons. The van der Waals surface area contributed by atoms with E-state index in [0.29, 0.717) is 38.3 Å². The van der Waals surface area contributed by atoms with Gasteiger partial charge in [-0.25, -0.2) is 4.98 Å². The predicted molar refractivity (Wildman–Crippen MR) is 117 cm³/mol. The van der Waals surface area contributed by atoms with Gasteiger partial charge in [0.2, 0.25) is 17.7 Å². The second-order valence-corrected chi connectivity index (χ2v) is 8.12. The van der Waals surface area contributed by atoms with Gasteiger partial charge in [-0.1, -0.05) is 0 Å². The summed E-state index contributed by atoms with van der Waals surface area (Å²) < 4.78 is 11.7. The van der Waals surface area contributed by atoms with E-state index in [2.05, 4.69) is 15.6 Å². The number of pyridine rings is 1. The van der Waals surface area contributed by atoms with Crippen LogP contribution in [0.5, 0.6) is 11.6 Å². The van der Waals surface area contributed by atoms with Gasteiger partial charge in [-0.15, -0.1) is 0 Å². The van der Waals surface area contributed by atoms with Crippen molar-refractivity contribution >= 4 is 17.5 Å². The molecule has 2 aliphatic rings. The van der Waals surface area contributed by atoms with Crippen molar-refractivity contribution < 1.29 is 19.1 Å². The van der Waals surface area contributed by atoms with E-state index in [1.54, 1.807) is 6.20 Å². The van der Waals surface area contributed by atoms with Crippen LogP contribution in [0.1, 0.15) is 56.1 Å². The molecule has 0 spiro atoms. The lowest BCUT2D eigenvalue weighted by Gasteiger charge is -2.17. The summed E-state index contributed by atoms with van der Waals surface area (Å²) in [6.45, 7) is 0.924. The lowest BCUT2D eigenvalue weighted by Crippen LogP contribution is -2.23. The van der Waals surface area contributed by atoms with Gasteiger partial charge in [0.15, 0.2) is 0 Å². The maximum atomic E-state index is 12.2. The molecule has 1 fully saturated rings. The molecule has 0 unspecified atom stereocenters. The highest BCUT2D eigenvalue weighted by Crippen LogP contribution is 2.27. The van der Waals surface area contributed by atoms with Crippen molar-refractivity contribution in [1.82, 2.24) is 10.3 Å². The monoisotopic (exact) mass is 423 g/mol. The highest BCUT2D eigenvalue weighted by molar-refractivity contribution is 5.94. The molecular weight excluding hydrogens is 394 g/mol. The number of benzene rings is 1. The van der Waals surface area contributed by atoms with E-state index < -0.39 is 0 Å². The highest BCUT2D eigenvalue weighted by Gasteiger charge is 2.17. The summed E-state index contributed by atoms with van der Waals surface area (Å²) in [5.74, 6) is 1.45. The van der Waals surface area contributed by atoms with Gasteiger partial charge in [0.1, 0.15) is 11.9 Å². The Morgan fingerprint density at radius 3 is 2.90 bits per heavy atom. The molecule has 1 saturated carbocycles. The molecule has 1 aromatic carbocycles. The molecule has 2 heterocycles. The number of aromatic nitrogens is 1. The van der Waals surface area contributed by atoms with Crippen LogP contribution >= 0.6 is 0 Å². The Bertz CT molecular complexity index is 925. The maximum Gasteiger partial charge on any atom is 0.224 e. The van der Waals surface area contributed by atoms with Gasteiger partial charge in [-0.05, 0) is 73.9 Å². The Morgan fingerprint density at radius 1 is 1.16 bits per heavy atom. The smallest absolute Gasteiger partial charge is 0.224 e.